The Balaban J connectivity index is 1.93. The summed E-state index contributed by atoms with van der Waals surface area (Å²) >= 11 is 1.48. The summed E-state index contributed by atoms with van der Waals surface area (Å²) in [5.41, 5.74) is 1.12. The van der Waals surface area contributed by atoms with Crippen LogP contribution in [0, 0.1) is 0 Å². The van der Waals surface area contributed by atoms with Gasteiger partial charge < -0.3 is 5.32 Å². The SMILES string of the molecule is CCCNc1snnc1CN(CC)C1CC1. The van der Waals surface area contributed by atoms with E-state index in [4.69, 9.17) is 0 Å². The van der Waals surface area contributed by atoms with Crippen LogP contribution in [0.5, 0.6) is 0 Å². The molecule has 0 saturated heterocycles. The highest BCUT2D eigenvalue weighted by Gasteiger charge is 2.28. The van der Waals surface area contributed by atoms with Gasteiger partial charge in [0, 0.05) is 30.7 Å². The maximum atomic E-state index is 4.23. The van der Waals surface area contributed by atoms with E-state index in [-0.39, 0.29) is 0 Å². The summed E-state index contributed by atoms with van der Waals surface area (Å²) in [5, 5.41) is 8.78. The summed E-state index contributed by atoms with van der Waals surface area (Å²) < 4.78 is 4.04. The number of hydrogen-bond donors (Lipinski definition) is 1. The first-order valence-electron chi connectivity index (χ1n) is 6.14. The van der Waals surface area contributed by atoms with Gasteiger partial charge in [-0.25, -0.2) is 0 Å². The Bertz CT molecular complexity index is 322. The quantitative estimate of drug-likeness (QED) is 0.794. The molecular formula is C11H20N4S. The molecule has 1 aliphatic carbocycles. The van der Waals surface area contributed by atoms with E-state index in [1.165, 1.54) is 24.4 Å². The summed E-state index contributed by atoms with van der Waals surface area (Å²) in [5.74, 6) is 0. The Morgan fingerprint density at radius 3 is 2.88 bits per heavy atom. The van der Waals surface area contributed by atoms with Crippen molar-refractivity contribution in [1.82, 2.24) is 14.5 Å². The molecule has 1 N–H and O–H groups in total. The van der Waals surface area contributed by atoms with Crippen molar-refractivity contribution < 1.29 is 0 Å². The van der Waals surface area contributed by atoms with Crippen LogP contribution in [0.3, 0.4) is 0 Å². The lowest BCUT2D eigenvalue weighted by molar-refractivity contribution is 0.266. The van der Waals surface area contributed by atoms with Crippen LogP contribution in [0.15, 0.2) is 0 Å². The van der Waals surface area contributed by atoms with Gasteiger partial charge in [0.15, 0.2) is 0 Å². The standard InChI is InChI=1S/C11H20N4S/c1-3-7-12-11-10(13-14-16-11)8-15(4-2)9-5-6-9/h9,12H,3-8H2,1-2H3. The molecule has 90 valence electrons. The van der Waals surface area contributed by atoms with Crippen molar-refractivity contribution in [3.8, 4) is 0 Å². The van der Waals surface area contributed by atoms with E-state index in [1.807, 2.05) is 0 Å². The molecule has 1 aromatic heterocycles. The maximum absolute atomic E-state index is 4.23. The fourth-order valence-corrected chi connectivity index (χ4v) is 2.41. The van der Waals surface area contributed by atoms with Crippen molar-refractivity contribution in [1.29, 1.82) is 0 Å². The zero-order valence-electron chi connectivity index (χ0n) is 10.1. The predicted octanol–water partition coefficient (Wildman–Crippen LogP) is 2.34. The van der Waals surface area contributed by atoms with Crippen molar-refractivity contribution >= 4 is 16.5 Å². The molecule has 5 heteroatoms. The molecule has 0 radical (unpaired) electrons. The van der Waals surface area contributed by atoms with Crippen LogP contribution in [0.1, 0.15) is 38.8 Å². The Kier molecular flexibility index (Phi) is 4.12. The smallest absolute Gasteiger partial charge is 0.134 e. The summed E-state index contributed by atoms with van der Waals surface area (Å²) in [6.07, 6.45) is 3.84. The van der Waals surface area contributed by atoms with Gasteiger partial charge in [0.25, 0.3) is 0 Å². The van der Waals surface area contributed by atoms with Crippen LogP contribution >= 0.6 is 11.5 Å². The molecule has 1 heterocycles. The van der Waals surface area contributed by atoms with E-state index in [0.29, 0.717) is 0 Å². The van der Waals surface area contributed by atoms with E-state index in [1.54, 1.807) is 0 Å². The number of hydrogen-bond acceptors (Lipinski definition) is 5. The molecule has 1 aromatic rings. The number of aromatic nitrogens is 2. The molecule has 0 amide bonds. The van der Waals surface area contributed by atoms with E-state index < -0.39 is 0 Å². The fraction of sp³-hybridized carbons (Fsp3) is 0.818. The first-order chi connectivity index (χ1) is 7.85. The fourth-order valence-electron chi connectivity index (χ4n) is 1.82. The van der Waals surface area contributed by atoms with Crippen LogP contribution in [-0.2, 0) is 6.54 Å². The molecule has 0 bridgehead atoms. The van der Waals surface area contributed by atoms with Gasteiger partial charge in [-0.2, -0.15) is 0 Å². The van der Waals surface area contributed by atoms with E-state index in [9.17, 15) is 0 Å². The molecule has 4 nitrogen and oxygen atoms in total. The highest BCUT2D eigenvalue weighted by molar-refractivity contribution is 7.10. The minimum Gasteiger partial charge on any atom is -0.374 e. The molecule has 2 rings (SSSR count). The molecule has 0 spiro atoms. The van der Waals surface area contributed by atoms with Crippen LogP contribution in [0.2, 0.25) is 0 Å². The van der Waals surface area contributed by atoms with Crippen molar-refractivity contribution in [3.63, 3.8) is 0 Å². The highest BCUT2D eigenvalue weighted by Crippen LogP contribution is 2.29. The van der Waals surface area contributed by atoms with Crippen LogP contribution in [0.4, 0.5) is 5.00 Å². The Hall–Kier alpha value is -0.680. The molecule has 1 fully saturated rings. The summed E-state index contributed by atoms with van der Waals surface area (Å²) in [7, 11) is 0. The van der Waals surface area contributed by atoms with Gasteiger partial charge in [-0.05, 0) is 25.8 Å². The third-order valence-electron chi connectivity index (χ3n) is 2.91. The molecule has 0 aromatic carbocycles. The minimum atomic E-state index is 0.797. The van der Waals surface area contributed by atoms with Crippen molar-refractivity contribution in [2.24, 2.45) is 0 Å². The number of nitrogens with one attached hydrogen (secondary N) is 1. The van der Waals surface area contributed by atoms with Gasteiger partial charge in [-0.1, -0.05) is 18.3 Å². The third-order valence-corrected chi connectivity index (χ3v) is 3.64. The van der Waals surface area contributed by atoms with E-state index in [0.717, 1.165) is 42.8 Å². The molecule has 16 heavy (non-hydrogen) atoms. The second kappa shape index (κ2) is 5.59. The summed E-state index contributed by atoms with van der Waals surface area (Å²) in [4.78, 5) is 2.49. The van der Waals surface area contributed by atoms with E-state index in [2.05, 4.69) is 33.7 Å². The molecule has 0 unspecified atom stereocenters. The summed E-state index contributed by atoms with van der Waals surface area (Å²) in [6.45, 7) is 7.45. The Labute approximate surface area is 101 Å². The average Bonchev–Trinajstić information content (AvgIpc) is 3.05. The van der Waals surface area contributed by atoms with Crippen LogP contribution in [-0.4, -0.2) is 33.6 Å². The van der Waals surface area contributed by atoms with Crippen LogP contribution in [0.25, 0.3) is 0 Å². The monoisotopic (exact) mass is 240 g/mol. The van der Waals surface area contributed by atoms with Crippen molar-refractivity contribution in [2.45, 2.75) is 45.7 Å². The first kappa shape index (κ1) is 11.8. The zero-order chi connectivity index (χ0) is 11.4. The lowest BCUT2D eigenvalue weighted by Gasteiger charge is -2.18. The van der Waals surface area contributed by atoms with Gasteiger partial charge in [0.2, 0.25) is 0 Å². The highest BCUT2D eigenvalue weighted by atomic mass is 32.1. The zero-order valence-corrected chi connectivity index (χ0v) is 10.9. The molecule has 0 atom stereocenters. The molecule has 0 aliphatic heterocycles. The first-order valence-corrected chi connectivity index (χ1v) is 6.91. The van der Waals surface area contributed by atoms with Crippen LogP contribution < -0.4 is 5.32 Å². The number of nitrogens with zero attached hydrogens (tertiary/aromatic N) is 3. The molecular weight excluding hydrogens is 220 g/mol. The van der Waals surface area contributed by atoms with E-state index >= 15 is 0 Å². The average molecular weight is 240 g/mol. The number of anilines is 1. The normalized spacial score (nSPS) is 15.7. The van der Waals surface area contributed by atoms with Crippen molar-refractivity contribution in [3.05, 3.63) is 5.69 Å². The van der Waals surface area contributed by atoms with Gasteiger partial charge >= 0.3 is 0 Å². The largest absolute Gasteiger partial charge is 0.374 e. The van der Waals surface area contributed by atoms with Gasteiger partial charge in [0.05, 0.1) is 0 Å². The lowest BCUT2D eigenvalue weighted by atomic mass is 10.3. The predicted molar refractivity (Wildman–Crippen MR) is 67.8 cm³/mol. The third kappa shape index (κ3) is 2.92. The minimum absolute atomic E-state index is 0.797. The second-order valence-corrected chi connectivity index (χ2v) is 5.02. The Morgan fingerprint density at radius 1 is 1.44 bits per heavy atom. The molecule has 1 saturated carbocycles. The van der Waals surface area contributed by atoms with Gasteiger partial charge in [-0.3, -0.25) is 4.90 Å². The second-order valence-electron chi connectivity index (χ2n) is 4.27. The lowest BCUT2D eigenvalue weighted by Crippen LogP contribution is -2.25. The Morgan fingerprint density at radius 2 is 2.25 bits per heavy atom. The molecule has 1 aliphatic rings. The topological polar surface area (TPSA) is 41.1 Å². The van der Waals surface area contributed by atoms with Gasteiger partial charge in [-0.15, -0.1) is 5.10 Å². The number of rotatable bonds is 7. The van der Waals surface area contributed by atoms with Crippen molar-refractivity contribution in [2.75, 3.05) is 18.4 Å². The maximum Gasteiger partial charge on any atom is 0.134 e. The van der Waals surface area contributed by atoms with Gasteiger partial charge in [0.1, 0.15) is 10.7 Å². The summed E-state index contributed by atoms with van der Waals surface area (Å²) in [6, 6.07) is 0.797.